The van der Waals surface area contributed by atoms with Gasteiger partial charge < -0.3 is 5.32 Å². The van der Waals surface area contributed by atoms with Gasteiger partial charge in [0, 0.05) is 25.4 Å². The summed E-state index contributed by atoms with van der Waals surface area (Å²) in [7, 11) is 0. The number of nitrogens with one attached hydrogen (secondary N) is 1. The highest BCUT2D eigenvalue weighted by molar-refractivity contribution is 5.71. The maximum atomic E-state index is 11.3. The maximum Gasteiger partial charge on any atom is 0.316 e. The van der Waals surface area contributed by atoms with E-state index in [2.05, 4.69) is 10.3 Å². The molecule has 6 nitrogen and oxygen atoms in total. The fourth-order valence-corrected chi connectivity index (χ4v) is 2.07. The molecule has 0 fully saturated rings. The highest BCUT2D eigenvalue weighted by Gasteiger charge is 2.21. The second kappa shape index (κ2) is 5.51. The Morgan fingerprint density at radius 2 is 2.21 bits per heavy atom. The van der Waals surface area contributed by atoms with Gasteiger partial charge in [0.15, 0.2) is 0 Å². The van der Waals surface area contributed by atoms with Crippen molar-refractivity contribution in [3.05, 3.63) is 46.5 Å². The zero-order valence-corrected chi connectivity index (χ0v) is 11.0. The van der Waals surface area contributed by atoms with Crippen LogP contribution in [-0.4, -0.2) is 21.0 Å². The van der Waals surface area contributed by atoms with Crippen LogP contribution in [0.4, 0.5) is 11.4 Å². The molecular weight excluding hydrogens is 244 g/mol. The number of nitro groups is 1. The van der Waals surface area contributed by atoms with Gasteiger partial charge in [0.2, 0.25) is 0 Å². The summed E-state index contributed by atoms with van der Waals surface area (Å²) >= 11 is 0. The lowest BCUT2D eigenvalue weighted by Crippen LogP contribution is -2.07. The molecule has 2 rings (SSSR count). The summed E-state index contributed by atoms with van der Waals surface area (Å²) in [5.74, 6) is 0.803. The third-order valence-electron chi connectivity index (χ3n) is 2.86. The highest BCUT2D eigenvalue weighted by atomic mass is 16.6. The summed E-state index contributed by atoms with van der Waals surface area (Å²) < 4.78 is 1.76. The quantitative estimate of drug-likeness (QED) is 0.662. The number of nitro benzene ring substituents is 1. The summed E-state index contributed by atoms with van der Waals surface area (Å²) in [6.45, 7) is 4.51. The first kappa shape index (κ1) is 13.1. The average Bonchev–Trinajstić information content (AvgIpc) is 2.86. The second-order valence-corrected chi connectivity index (χ2v) is 4.03. The summed E-state index contributed by atoms with van der Waals surface area (Å²) in [5.41, 5.74) is 1.15. The zero-order chi connectivity index (χ0) is 13.8. The van der Waals surface area contributed by atoms with Crippen LogP contribution in [0, 0.1) is 10.1 Å². The zero-order valence-electron chi connectivity index (χ0n) is 11.0. The predicted octanol–water partition coefficient (Wildman–Crippen LogP) is 2.77. The van der Waals surface area contributed by atoms with E-state index in [1.54, 1.807) is 35.2 Å². The standard InChI is InChI=1S/C13H16N4O2/c1-3-12-15-8-9-16(12)11-7-5-6-10(14-4-2)13(11)17(18)19/h5-9,14H,3-4H2,1-2H3. The Morgan fingerprint density at radius 1 is 1.42 bits per heavy atom. The second-order valence-electron chi connectivity index (χ2n) is 4.03. The molecule has 19 heavy (non-hydrogen) atoms. The monoisotopic (exact) mass is 260 g/mol. The molecule has 6 heteroatoms. The Balaban J connectivity index is 2.63. The maximum absolute atomic E-state index is 11.3. The normalized spacial score (nSPS) is 10.4. The van der Waals surface area contributed by atoms with E-state index in [1.165, 1.54) is 0 Å². The molecule has 0 aliphatic heterocycles. The van der Waals surface area contributed by atoms with Crippen molar-refractivity contribution < 1.29 is 4.92 Å². The van der Waals surface area contributed by atoms with E-state index >= 15 is 0 Å². The summed E-state index contributed by atoms with van der Waals surface area (Å²) in [4.78, 5) is 15.2. The number of benzene rings is 1. The number of hydrogen-bond donors (Lipinski definition) is 1. The number of anilines is 1. The first-order valence-corrected chi connectivity index (χ1v) is 6.22. The van der Waals surface area contributed by atoms with Crippen molar-refractivity contribution in [2.75, 3.05) is 11.9 Å². The predicted molar refractivity (Wildman–Crippen MR) is 73.8 cm³/mol. The van der Waals surface area contributed by atoms with Gasteiger partial charge in [-0.05, 0) is 19.1 Å². The van der Waals surface area contributed by atoms with Gasteiger partial charge in [0.05, 0.1) is 4.92 Å². The largest absolute Gasteiger partial charge is 0.380 e. The molecule has 0 aliphatic rings. The highest BCUT2D eigenvalue weighted by Crippen LogP contribution is 2.32. The molecular formula is C13H16N4O2. The van der Waals surface area contributed by atoms with Gasteiger partial charge in [-0.1, -0.05) is 13.0 Å². The van der Waals surface area contributed by atoms with Crippen LogP contribution >= 0.6 is 0 Å². The van der Waals surface area contributed by atoms with E-state index in [0.717, 1.165) is 12.2 Å². The molecule has 0 unspecified atom stereocenters. The molecule has 0 saturated heterocycles. The Labute approximate surface area is 111 Å². The van der Waals surface area contributed by atoms with Crippen LogP contribution in [0.15, 0.2) is 30.6 Å². The number of aromatic nitrogens is 2. The smallest absolute Gasteiger partial charge is 0.316 e. The number of imidazole rings is 1. The van der Waals surface area contributed by atoms with E-state index in [-0.39, 0.29) is 10.6 Å². The van der Waals surface area contributed by atoms with Crippen molar-refractivity contribution in [1.82, 2.24) is 9.55 Å². The van der Waals surface area contributed by atoms with Crippen molar-refractivity contribution in [2.24, 2.45) is 0 Å². The molecule has 1 aromatic heterocycles. The lowest BCUT2D eigenvalue weighted by Gasteiger charge is -2.11. The number of rotatable bonds is 5. The molecule has 0 aliphatic carbocycles. The molecule has 1 aromatic carbocycles. The molecule has 1 heterocycles. The van der Waals surface area contributed by atoms with Crippen LogP contribution in [0.25, 0.3) is 5.69 Å². The third-order valence-corrected chi connectivity index (χ3v) is 2.86. The minimum Gasteiger partial charge on any atom is -0.380 e. The molecule has 0 bridgehead atoms. The molecule has 100 valence electrons. The van der Waals surface area contributed by atoms with Crippen molar-refractivity contribution in [1.29, 1.82) is 0 Å². The lowest BCUT2D eigenvalue weighted by molar-refractivity contribution is -0.383. The Kier molecular flexibility index (Phi) is 3.79. The molecule has 0 atom stereocenters. The van der Waals surface area contributed by atoms with Gasteiger partial charge in [-0.25, -0.2) is 4.98 Å². The lowest BCUT2D eigenvalue weighted by atomic mass is 10.2. The Morgan fingerprint density at radius 3 is 2.84 bits per heavy atom. The Bertz CT molecular complexity index is 592. The number of para-hydroxylation sites is 1. The van der Waals surface area contributed by atoms with Crippen LogP contribution in [0.3, 0.4) is 0 Å². The van der Waals surface area contributed by atoms with Crippen molar-refractivity contribution in [3.8, 4) is 5.69 Å². The minimum absolute atomic E-state index is 0.0806. The number of nitrogens with zero attached hydrogens (tertiary/aromatic N) is 3. The molecule has 2 aromatic rings. The first-order chi connectivity index (χ1) is 9.19. The topological polar surface area (TPSA) is 73.0 Å². The Hall–Kier alpha value is -2.37. The van der Waals surface area contributed by atoms with Crippen LogP contribution in [0.5, 0.6) is 0 Å². The third kappa shape index (κ3) is 2.42. The fraction of sp³-hybridized carbons (Fsp3) is 0.308. The molecule has 0 radical (unpaired) electrons. The van der Waals surface area contributed by atoms with Gasteiger partial charge >= 0.3 is 5.69 Å². The summed E-state index contributed by atoms with van der Waals surface area (Å²) in [6, 6.07) is 5.26. The molecule has 0 saturated carbocycles. The SMILES string of the molecule is CCNc1cccc(-n2ccnc2CC)c1[N+](=O)[O-]. The van der Waals surface area contributed by atoms with Crippen LogP contribution in [-0.2, 0) is 6.42 Å². The van der Waals surface area contributed by atoms with Gasteiger partial charge in [-0.2, -0.15) is 0 Å². The van der Waals surface area contributed by atoms with Crippen molar-refractivity contribution >= 4 is 11.4 Å². The van der Waals surface area contributed by atoms with Crippen LogP contribution in [0.2, 0.25) is 0 Å². The van der Waals surface area contributed by atoms with Crippen molar-refractivity contribution in [2.45, 2.75) is 20.3 Å². The summed E-state index contributed by atoms with van der Waals surface area (Å²) in [6.07, 6.45) is 4.12. The molecule has 0 amide bonds. The van der Waals surface area contributed by atoms with Crippen molar-refractivity contribution in [3.63, 3.8) is 0 Å². The van der Waals surface area contributed by atoms with E-state index in [0.29, 0.717) is 17.9 Å². The van der Waals surface area contributed by atoms with Gasteiger partial charge in [-0.15, -0.1) is 0 Å². The summed E-state index contributed by atoms with van der Waals surface area (Å²) in [5, 5.41) is 14.4. The van der Waals surface area contributed by atoms with Gasteiger partial charge in [0.25, 0.3) is 0 Å². The molecule has 1 N–H and O–H groups in total. The van der Waals surface area contributed by atoms with Gasteiger partial charge in [-0.3, -0.25) is 14.7 Å². The number of hydrogen-bond acceptors (Lipinski definition) is 4. The minimum atomic E-state index is -0.354. The van der Waals surface area contributed by atoms with E-state index in [9.17, 15) is 10.1 Å². The van der Waals surface area contributed by atoms with E-state index in [1.807, 2.05) is 13.8 Å². The number of aryl methyl sites for hydroxylation is 1. The van der Waals surface area contributed by atoms with E-state index in [4.69, 9.17) is 0 Å². The average molecular weight is 260 g/mol. The van der Waals surface area contributed by atoms with E-state index < -0.39 is 0 Å². The van der Waals surface area contributed by atoms with Gasteiger partial charge in [0.1, 0.15) is 17.2 Å². The van der Waals surface area contributed by atoms with Crippen LogP contribution in [0.1, 0.15) is 19.7 Å². The fourth-order valence-electron chi connectivity index (χ4n) is 2.07. The first-order valence-electron chi connectivity index (χ1n) is 6.22. The van der Waals surface area contributed by atoms with Crippen LogP contribution < -0.4 is 5.32 Å². The molecule has 0 spiro atoms.